The summed E-state index contributed by atoms with van der Waals surface area (Å²) in [5, 5.41) is 1.68. The number of rotatable bonds is 2. The fourth-order valence-corrected chi connectivity index (χ4v) is 1.58. The van der Waals surface area contributed by atoms with Crippen molar-refractivity contribution in [1.82, 2.24) is 5.06 Å². The van der Waals surface area contributed by atoms with Crippen molar-refractivity contribution < 1.29 is 14.4 Å². The molecule has 0 aliphatic carbocycles. The maximum Gasteiger partial charge on any atom is 0.308 e. The summed E-state index contributed by atoms with van der Waals surface area (Å²) in [6.07, 6.45) is 1.14. The molecule has 0 aromatic rings. The molecule has 2 N–H and O–H groups in total. The molecule has 0 spiro atoms. The summed E-state index contributed by atoms with van der Waals surface area (Å²) in [6.45, 7) is 0.678. The molecule has 2 atom stereocenters. The van der Waals surface area contributed by atoms with E-state index in [4.69, 9.17) is 10.6 Å². The van der Waals surface area contributed by atoms with E-state index in [1.54, 1.807) is 12.2 Å². The summed E-state index contributed by atoms with van der Waals surface area (Å²) in [7, 11) is 2.98. The molecular weight excluding hydrogens is 208 g/mol. The Morgan fingerprint density at radius 1 is 1.50 bits per heavy atom. The number of esters is 1. The lowest BCUT2D eigenvalue weighted by Gasteiger charge is -2.33. The third-order valence-electron chi connectivity index (χ3n) is 2.36. The number of nitrogens with two attached hydrogens (primary N) is 1. The minimum atomic E-state index is -0.206. The van der Waals surface area contributed by atoms with Crippen molar-refractivity contribution in [2.75, 3.05) is 20.8 Å². The van der Waals surface area contributed by atoms with E-state index in [1.807, 2.05) is 0 Å². The number of methoxy groups -OCH3 is 1. The van der Waals surface area contributed by atoms with Crippen LogP contribution in [0.4, 0.5) is 0 Å². The third-order valence-corrected chi connectivity index (χ3v) is 2.36. The molecule has 1 aliphatic rings. The van der Waals surface area contributed by atoms with Crippen LogP contribution >= 0.6 is 12.4 Å². The number of carbonyl (C=O) groups excluding carboxylic acids is 1. The molecule has 0 radical (unpaired) electrons. The Labute approximate surface area is 89.9 Å². The molecule has 2 unspecified atom stereocenters. The van der Waals surface area contributed by atoms with E-state index in [2.05, 4.69) is 4.74 Å². The van der Waals surface area contributed by atoms with Gasteiger partial charge in [0.15, 0.2) is 0 Å². The standard InChI is InChI=1S/C8H16N2O3.ClH/c1-12-8(11)6-3-4-10(13-2)7(9)5-6;/h6-7H,3-5,9H2,1-2H3;1H. The van der Waals surface area contributed by atoms with Crippen LogP contribution in [0, 0.1) is 5.92 Å². The Kier molecular flexibility index (Phi) is 6.03. The zero-order valence-electron chi connectivity index (χ0n) is 8.43. The van der Waals surface area contributed by atoms with Gasteiger partial charge in [0.2, 0.25) is 0 Å². The molecular formula is C8H17ClN2O3. The van der Waals surface area contributed by atoms with Gasteiger partial charge in [-0.25, -0.2) is 0 Å². The molecule has 1 heterocycles. The van der Waals surface area contributed by atoms with Gasteiger partial charge in [-0.1, -0.05) is 0 Å². The smallest absolute Gasteiger partial charge is 0.308 e. The number of hydrogen-bond acceptors (Lipinski definition) is 5. The summed E-state index contributed by atoms with van der Waals surface area (Å²) in [5.41, 5.74) is 5.77. The molecule has 0 bridgehead atoms. The van der Waals surface area contributed by atoms with Gasteiger partial charge in [-0.3, -0.25) is 4.79 Å². The Balaban J connectivity index is 0.00000169. The molecule has 6 heteroatoms. The quantitative estimate of drug-likeness (QED) is 0.676. The van der Waals surface area contributed by atoms with Crippen LogP contribution in [0.25, 0.3) is 0 Å². The van der Waals surface area contributed by atoms with Crippen LogP contribution < -0.4 is 5.73 Å². The summed E-state index contributed by atoms with van der Waals surface area (Å²) in [6, 6.07) is 0. The number of carbonyl (C=O) groups is 1. The van der Waals surface area contributed by atoms with E-state index in [9.17, 15) is 4.79 Å². The summed E-state index contributed by atoms with van der Waals surface area (Å²) >= 11 is 0. The Hall–Kier alpha value is -0.360. The van der Waals surface area contributed by atoms with Crippen molar-refractivity contribution >= 4 is 18.4 Å². The van der Waals surface area contributed by atoms with Crippen molar-refractivity contribution in [2.24, 2.45) is 11.7 Å². The van der Waals surface area contributed by atoms with Gasteiger partial charge in [0.25, 0.3) is 0 Å². The normalized spacial score (nSPS) is 27.9. The predicted molar refractivity (Wildman–Crippen MR) is 53.7 cm³/mol. The molecule has 84 valence electrons. The van der Waals surface area contributed by atoms with Gasteiger partial charge in [-0.05, 0) is 12.8 Å². The van der Waals surface area contributed by atoms with Crippen LogP contribution in [0.3, 0.4) is 0 Å². The second-order valence-electron chi connectivity index (χ2n) is 3.14. The van der Waals surface area contributed by atoms with Crippen LogP contribution in [0.1, 0.15) is 12.8 Å². The van der Waals surface area contributed by atoms with Gasteiger partial charge in [0.05, 0.1) is 26.3 Å². The fraction of sp³-hybridized carbons (Fsp3) is 0.875. The average Bonchev–Trinajstić information content (AvgIpc) is 2.16. The molecule has 0 aromatic carbocycles. The largest absolute Gasteiger partial charge is 0.469 e. The molecule has 1 fully saturated rings. The van der Waals surface area contributed by atoms with Gasteiger partial charge in [-0.15, -0.1) is 12.4 Å². The predicted octanol–water partition coefficient (Wildman–Crippen LogP) is 0.139. The van der Waals surface area contributed by atoms with Crippen LogP contribution in [-0.2, 0) is 14.4 Å². The van der Waals surface area contributed by atoms with E-state index in [0.717, 1.165) is 6.42 Å². The number of hydrogen-bond donors (Lipinski definition) is 1. The Bertz CT molecular complexity index is 191. The molecule has 0 saturated carbocycles. The summed E-state index contributed by atoms with van der Waals surface area (Å²) < 4.78 is 4.65. The average molecular weight is 225 g/mol. The van der Waals surface area contributed by atoms with Crippen LogP contribution in [0.5, 0.6) is 0 Å². The number of hydroxylamine groups is 2. The first-order valence-corrected chi connectivity index (χ1v) is 4.33. The maximum atomic E-state index is 11.2. The van der Waals surface area contributed by atoms with Crippen molar-refractivity contribution in [1.29, 1.82) is 0 Å². The highest BCUT2D eigenvalue weighted by atomic mass is 35.5. The molecule has 0 amide bonds. The van der Waals surface area contributed by atoms with Gasteiger partial charge in [-0.2, -0.15) is 5.06 Å². The highest BCUT2D eigenvalue weighted by molar-refractivity contribution is 5.85. The number of nitrogens with zero attached hydrogens (tertiary/aromatic N) is 1. The Morgan fingerprint density at radius 2 is 2.14 bits per heavy atom. The van der Waals surface area contributed by atoms with Gasteiger partial charge >= 0.3 is 5.97 Å². The SMILES string of the molecule is COC(=O)C1CCN(OC)C(N)C1.Cl. The molecule has 0 aromatic heterocycles. The molecule has 14 heavy (non-hydrogen) atoms. The number of ether oxygens (including phenoxy) is 1. The highest BCUT2D eigenvalue weighted by Crippen LogP contribution is 2.21. The monoisotopic (exact) mass is 224 g/mol. The molecule has 1 rings (SSSR count). The second kappa shape index (κ2) is 6.19. The van der Waals surface area contributed by atoms with Crippen LogP contribution in [0.15, 0.2) is 0 Å². The first-order chi connectivity index (χ1) is 6.19. The zero-order chi connectivity index (χ0) is 9.84. The molecule has 1 saturated heterocycles. The minimum absolute atomic E-state index is 0. The van der Waals surface area contributed by atoms with E-state index >= 15 is 0 Å². The maximum absolute atomic E-state index is 11.2. The first-order valence-electron chi connectivity index (χ1n) is 4.33. The lowest BCUT2D eigenvalue weighted by atomic mass is 9.96. The van der Waals surface area contributed by atoms with Gasteiger partial charge < -0.3 is 15.3 Å². The first kappa shape index (κ1) is 13.6. The van der Waals surface area contributed by atoms with Crippen molar-refractivity contribution in [3.8, 4) is 0 Å². The second-order valence-corrected chi connectivity index (χ2v) is 3.14. The van der Waals surface area contributed by atoms with Crippen LogP contribution in [-0.4, -0.2) is 38.0 Å². The van der Waals surface area contributed by atoms with E-state index in [-0.39, 0.29) is 30.5 Å². The lowest BCUT2D eigenvalue weighted by molar-refractivity contribution is -0.186. The van der Waals surface area contributed by atoms with Crippen molar-refractivity contribution in [3.63, 3.8) is 0 Å². The van der Waals surface area contributed by atoms with Crippen molar-refractivity contribution in [3.05, 3.63) is 0 Å². The molecule has 5 nitrogen and oxygen atoms in total. The number of halogens is 1. The fourth-order valence-electron chi connectivity index (χ4n) is 1.58. The highest BCUT2D eigenvalue weighted by Gasteiger charge is 2.30. The van der Waals surface area contributed by atoms with Crippen molar-refractivity contribution in [2.45, 2.75) is 19.0 Å². The number of piperidine rings is 1. The topological polar surface area (TPSA) is 64.8 Å². The van der Waals surface area contributed by atoms with Gasteiger partial charge in [0.1, 0.15) is 0 Å². The van der Waals surface area contributed by atoms with E-state index in [0.29, 0.717) is 13.0 Å². The summed E-state index contributed by atoms with van der Waals surface area (Å²) in [5.74, 6) is -0.252. The Morgan fingerprint density at radius 3 is 2.57 bits per heavy atom. The lowest BCUT2D eigenvalue weighted by Crippen LogP contribution is -2.48. The third kappa shape index (κ3) is 3.09. The van der Waals surface area contributed by atoms with E-state index in [1.165, 1.54) is 7.11 Å². The molecule has 1 aliphatic heterocycles. The van der Waals surface area contributed by atoms with Gasteiger partial charge in [0, 0.05) is 6.54 Å². The summed E-state index contributed by atoms with van der Waals surface area (Å²) in [4.78, 5) is 16.2. The van der Waals surface area contributed by atoms with E-state index < -0.39 is 0 Å². The zero-order valence-corrected chi connectivity index (χ0v) is 9.25. The minimum Gasteiger partial charge on any atom is -0.469 e. The van der Waals surface area contributed by atoms with Crippen LogP contribution in [0.2, 0.25) is 0 Å².